The molecule has 1 aliphatic carbocycles. The Hall–Kier alpha value is -3.39. The molecule has 0 spiro atoms. The van der Waals surface area contributed by atoms with Crippen LogP contribution in [0.4, 0.5) is 4.79 Å². The van der Waals surface area contributed by atoms with Crippen LogP contribution in [0.15, 0.2) is 48.5 Å². The first-order valence-corrected chi connectivity index (χ1v) is 11.2. The summed E-state index contributed by atoms with van der Waals surface area (Å²) >= 11 is 0. The van der Waals surface area contributed by atoms with E-state index in [4.69, 9.17) is 14.6 Å². The van der Waals surface area contributed by atoms with Crippen molar-refractivity contribution in [1.29, 1.82) is 0 Å². The van der Waals surface area contributed by atoms with Crippen LogP contribution in [0.1, 0.15) is 36.3 Å². The predicted molar refractivity (Wildman–Crippen MR) is 121 cm³/mol. The summed E-state index contributed by atoms with van der Waals surface area (Å²) in [7, 11) is 0. The Bertz CT molecular complexity index is 978. The van der Waals surface area contributed by atoms with Gasteiger partial charge in [0.2, 0.25) is 5.91 Å². The van der Waals surface area contributed by atoms with E-state index in [-0.39, 0.29) is 44.6 Å². The number of benzene rings is 2. The summed E-state index contributed by atoms with van der Waals surface area (Å²) in [6, 6.07) is 15.6. The van der Waals surface area contributed by atoms with E-state index in [0.29, 0.717) is 19.4 Å². The predicted octanol–water partition coefficient (Wildman–Crippen LogP) is 3.01. The number of rotatable bonds is 9. The number of likely N-dealkylation sites (tertiary alicyclic amines) is 1. The van der Waals surface area contributed by atoms with Crippen LogP contribution in [0.5, 0.6) is 0 Å². The fourth-order valence-corrected chi connectivity index (χ4v) is 4.60. The number of fused-ring (bicyclic) bond motifs is 3. The Kier molecular flexibility index (Phi) is 7.24. The van der Waals surface area contributed by atoms with Gasteiger partial charge in [0, 0.05) is 19.0 Å². The van der Waals surface area contributed by atoms with E-state index in [1.165, 1.54) is 16.0 Å². The minimum Gasteiger partial charge on any atom is -0.480 e. The van der Waals surface area contributed by atoms with Gasteiger partial charge in [0.1, 0.15) is 12.6 Å². The average Bonchev–Trinajstić information content (AvgIpc) is 3.43. The third-order valence-electron chi connectivity index (χ3n) is 6.18. The maximum Gasteiger partial charge on any atom is 0.407 e. The molecule has 1 aliphatic heterocycles. The molecule has 174 valence electrons. The van der Waals surface area contributed by atoms with Crippen LogP contribution in [0.2, 0.25) is 0 Å². The van der Waals surface area contributed by atoms with E-state index < -0.39 is 18.1 Å². The van der Waals surface area contributed by atoms with Crippen LogP contribution in [0.25, 0.3) is 11.1 Å². The van der Waals surface area contributed by atoms with Gasteiger partial charge in [-0.15, -0.1) is 0 Å². The van der Waals surface area contributed by atoms with Crippen molar-refractivity contribution in [2.24, 2.45) is 0 Å². The van der Waals surface area contributed by atoms with E-state index in [9.17, 15) is 14.4 Å². The van der Waals surface area contributed by atoms with Crippen molar-refractivity contribution in [3.8, 4) is 11.1 Å². The van der Waals surface area contributed by atoms with Crippen molar-refractivity contribution in [3.63, 3.8) is 0 Å². The molecule has 4 rings (SSSR count). The summed E-state index contributed by atoms with van der Waals surface area (Å²) in [5.74, 6) is -1.18. The zero-order valence-electron chi connectivity index (χ0n) is 18.4. The fraction of sp³-hybridized carbons (Fsp3) is 0.400. The third kappa shape index (κ3) is 5.17. The Morgan fingerprint density at radius 1 is 1.00 bits per heavy atom. The van der Waals surface area contributed by atoms with Gasteiger partial charge < -0.3 is 24.8 Å². The van der Waals surface area contributed by atoms with E-state index in [1.807, 2.05) is 24.3 Å². The summed E-state index contributed by atoms with van der Waals surface area (Å²) in [4.78, 5) is 36.9. The van der Waals surface area contributed by atoms with Crippen molar-refractivity contribution >= 4 is 18.0 Å². The number of nitrogens with one attached hydrogen (secondary N) is 1. The molecule has 2 aromatic carbocycles. The van der Waals surface area contributed by atoms with E-state index in [0.717, 1.165) is 11.1 Å². The standard InChI is InChI=1S/C25H28N2O6/c28-23(27-13-5-10-22(27)24(29)30)11-14-32-15-12-26-25(31)33-16-21-19-8-3-1-6-17(19)18-7-2-4-9-20(18)21/h1-4,6-9,21-22H,5,10-16H2,(H,26,31)(H,29,30)/t22-/m0/s1. The van der Waals surface area contributed by atoms with Gasteiger partial charge in [-0.2, -0.15) is 0 Å². The Morgan fingerprint density at radius 2 is 1.67 bits per heavy atom. The van der Waals surface area contributed by atoms with Crippen LogP contribution in [0, 0.1) is 0 Å². The molecule has 0 radical (unpaired) electrons. The lowest BCUT2D eigenvalue weighted by atomic mass is 9.98. The van der Waals surface area contributed by atoms with Crippen molar-refractivity contribution < 1.29 is 29.0 Å². The molecule has 2 aromatic rings. The number of carboxylic acids is 1. The van der Waals surface area contributed by atoms with E-state index in [1.54, 1.807) is 0 Å². The highest BCUT2D eigenvalue weighted by Gasteiger charge is 2.33. The zero-order chi connectivity index (χ0) is 23.2. The molecule has 2 N–H and O–H groups in total. The molecule has 2 amide bonds. The normalized spacial score (nSPS) is 16.8. The number of carboxylic acid groups (broad SMARTS) is 1. The van der Waals surface area contributed by atoms with Gasteiger partial charge in [-0.1, -0.05) is 48.5 Å². The van der Waals surface area contributed by atoms with Crippen LogP contribution in [-0.2, 0) is 19.1 Å². The van der Waals surface area contributed by atoms with Crippen molar-refractivity contribution in [3.05, 3.63) is 59.7 Å². The molecule has 2 aliphatic rings. The van der Waals surface area contributed by atoms with Gasteiger partial charge in [0.25, 0.3) is 0 Å². The largest absolute Gasteiger partial charge is 0.480 e. The second-order valence-corrected chi connectivity index (χ2v) is 8.20. The minimum absolute atomic E-state index is 0.00521. The zero-order valence-corrected chi connectivity index (χ0v) is 18.4. The highest BCUT2D eigenvalue weighted by atomic mass is 16.5. The van der Waals surface area contributed by atoms with Crippen LogP contribution < -0.4 is 5.32 Å². The van der Waals surface area contributed by atoms with Crippen LogP contribution in [0.3, 0.4) is 0 Å². The number of alkyl carbamates (subject to hydrolysis) is 1. The second-order valence-electron chi connectivity index (χ2n) is 8.20. The molecule has 8 nitrogen and oxygen atoms in total. The van der Waals surface area contributed by atoms with Gasteiger partial charge in [-0.25, -0.2) is 9.59 Å². The molecule has 0 unspecified atom stereocenters. The van der Waals surface area contributed by atoms with Crippen LogP contribution in [-0.4, -0.2) is 66.9 Å². The number of hydrogen-bond donors (Lipinski definition) is 2. The molecule has 1 saturated heterocycles. The topological polar surface area (TPSA) is 105 Å². The number of carbonyl (C=O) groups is 3. The molecule has 1 atom stereocenters. The Morgan fingerprint density at radius 3 is 2.33 bits per heavy atom. The minimum atomic E-state index is -0.964. The van der Waals surface area contributed by atoms with Gasteiger partial charge in [0.15, 0.2) is 0 Å². The Balaban J connectivity index is 1.15. The van der Waals surface area contributed by atoms with Crippen molar-refractivity contribution in [1.82, 2.24) is 10.2 Å². The van der Waals surface area contributed by atoms with Gasteiger partial charge in [-0.3, -0.25) is 4.79 Å². The average molecular weight is 453 g/mol. The first kappa shape index (κ1) is 22.8. The number of ether oxygens (including phenoxy) is 2. The molecule has 1 fully saturated rings. The summed E-state index contributed by atoms with van der Waals surface area (Å²) in [6.45, 7) is 1.38. The highest BCUT2D eigenvalue weighted by Crippen LogP contribution is 2.44. The number of amides is 2. The number of nitrogens with zero attached hydrogens (tertiary/aromatic N) is 1. The highest BCUT2D eigenvalue weighted by molar-refractivity contribution is 5.84. The van der Waals surface area contributed by atoms with E-state index in [2.05, 4.69) is 29.6 Å². The monoisotopic (exact) mass is 452 g/mol. The molecule has 0 saturated carbocycles. The molecule has 0 aromatic heterocycles. The molecule has 8 heteroatoms. The lowest BCUT2D eigenvalue weighted by molar-refractivity contribution is -0.148. The molecular weight excluding hydrogens is 424 g/mol. The van der Waals surface area contributed by atoms with Gasteiger partial charge in [-0.05, 0) is 35.1 Å². The summed E-state index contributed by atoms with van der Waals surface area (Å²) in [5.41, 5.74) is 4.66. The van der Waals surface area contributed by atoms with E-state index >= 15 is 0 Å². The smallest absolute Gasteiger partial charge is 0.407 e. The molecule has 0 bridgehead atoms. The van der Waals surface area contributed by atoms with Crippen molar-refractivity contribution in [2.75, 3.05) is 32.9 Å². The molecule has 33 heavy (non-hydrogen) atoms. The second kappa shape index (κ2) is 10.5. The number of carbonyl (C=O) groups excluding carboxylic acids is 2. The molecule has 1 heterocycles. The van der Waals surface area contributed by atoms with Crippen LogP contribution >= 0.6 is 0 Å². The lowest BCUT2D eigenvalue weighted by Crippen LogP contribution is -2.40. The summed E-state index contributed by atoms with van der Waals surface area (Å²) < 4.78 is 10.9. The Labute approximate surface area is 192 Å². The fourth-order valence-electron chi connectivity index (χ4n) is 4.60. The lowest BCUT2D eigenvalue weighted by Gasteiger charge is -2.21. The van der Waals surface area contributed by atoms with Gasteiger partial charge in [0.05, 0.1) is 19.6 Å². The maximum atomic E-state index is 12.2. The molecular formula is C25H28N2O6. The van der Waals surface area contributed by atoms with Crippen molar-refractivity contribution in [2.45, 2.75) is 31.2 Å². The summed E-state index contributed by atoms with van der Waals surface area (Å²) in [5, 5.41) is 11.8. The SMILES string of the molecule is O=C(NCCOCCC(=O)N1CCC[C@H]1C(=O)O)OCC1c2ccccc2-c2ccccc21. The first-order chi connectivity index (χ1) is 16.1. The third-order valence-corrected chi connectivity index (χ3v) is 6.18. The summed E-state index contributed by atoms with van der Waals surface area (Å²) in [6.07, 6.45) is 0.798. The first-order valence-electron chi connectivity index (χ1n) is 11.2. The number of aliphatic carboxylic acids is 1. The number of hydrogen-bond acceptors (Lipinski definition) is 5. The van der Waals surface area contributed by atoms with Gasteiger partial charge >= 0.3 is 12.1 Å². The maximum absolute atomic E-state index is 12.2. The quantitative estimate of drug-likeness (QED) is 0.567.